The zero-order valence-electron chi connectivity index (χ0n) is 17.0. The number of esters is 1. The third kappa shape index (κ3) is 7.64. The largest absolute Gasteiger partial charge is 0.467 e. The number of hydrogen-bond donors (Lipinski definition) is 2. The summed E-state index contributed by atoms with van der Waals surface area (Å²) in [7, 11) is 1.23. The molecule has 1 aromatic heterocycles. The summed E-state index contributed by atoms with van der Waals surface area (Å²) in [6.07, 6.45) is 0.887. The number of carbonyl (C=O) groups excluding carboxylic acids is 3. The van der Waals surface area contributed by atoms with E-state index in [9.17, 15) is 14.4 Å². The van der Waals surface area contributed by atoms with E-state index in [1.54, 1.807) is 53.7 Å². The van der Waals surface area contributed by atoms with Crippen molar-refractivity contribution in [1.82, 2.24) is 10.3 Å². The number of carbonyl (C=O) groups is 3. The Kier molecular flexibility index (Phi) is 7.33. The lowest BCUT2D eigenvalue weighted by Crippen LogP contribution is -2.45. The molecular weight excluding hydrogens is 350 g/mol. The number of ether oxygens (including phenoxy) is 2. The van der Waals surface area contributed by atoms with Gasteiger partial charge in [-0.05, 0) is 32.4 Å². The van der Waals surface area contributed by atoms with Crippen molar-refractivity contribution in [3.05, 3.63) is 23.9 Å². The van der Waals surface area contributed by atoms with Crippen LogP contribution in [0.2, 0.25) is 0 Å². The molecule has 0 radical (unpaired) electrons. The Morgan fingerprint density at radius 2 is 1.78 bits per heavy atom. The van der Waals surface area contributed by atoms with Crippen LogP contribution in [0.5, 0.6) is 0 Å². The van der Waals surface area contributed by atoms with Crippen LogP contribution in [-0.2, 0) is 25.5 Å². The average molecular weight is 379 g/mol. The first-order valence-electron chi connectivity index (χ1n) is 8.66. The molecule has 1 atom stereocenters. The number of aromatic nitrogens is 1. The number of rotatable bonds is 5. The predicted molar refractivity (Wildman–Crippen MR) is 101 cm³/mol. The molecule has 0 aromatic carbocycles. The van der Waals surface area contributed by atoms with Crippen molar-refractivity contribution in [3.8, 4) is 0 Å². The van der Waals surface area contributed by atoms with E-state index < -0.39 is 29.1 Å². The summed E-state index contributed by atoms with van der Waals surface area (Å²) in [6.45, 7) is 10.5. The Labute approximate surface area is 160 Å². The highest BCUT2D eigenvalue weighted by Crippen LogP contribution is 2.20. The number of nitrogens with zero attached hydrogens (tertiary/aromatic N) is 1. The van der Waals surface area contributed by atoms with Gasteiger partial charge in [0.2, 0.25) is 5.91 Å². The Morgan fingerprint density at radius 1 is 1.15 bits per heavy atom. The fourth-order valence-electron chi connectivity index (χ4n) is 2.02. The molecule has 1 heterocycles. The molecule has 150 valence electrons. The van der Waals surface area contributed by atoms with Crippen LogP contribution >= 0.6 is 0 Å². The molecule has 8 nitrogen and oxygen atoms in total. The van der Waals surface area contributed by atoms with Gasteiger partial charge in [0.05, 0.1) is 7.11 Å². The molecule has 0 aliphatic heterocycles. The lowest BCUT2D eigenvalue weighted by atomic mass is 9.95. The molecule has 0 fully saturated rings. The maximum absolute atomic E-state index is 12.3. The SMILES string of the molecule is COC(=O)[C@@H](Cc1cccnc1NC(=O)C(C)(C)C)NC(=O)OC(C)(C)C. The third-order valence-corrected chi connectivity index (χ3v) is 3.41. The van der Waals surface area contributed by atoms with E-state index in [2.05, 4.69) is 15.6 Å². The van der Waals surface area contributed by atoms with Crippen LogP contribution < -0.4 is 10.6 Å². The number of pyridine rings is 1. The van der Waals surface area contributed by atoms with E-state index >= 15 is 0 Å². The molecule has 0 saturated heterocycles. The lowest BCUT2D eigenvalue weighted by Gasteiger charge is -2.23. The molecule has 0 aliphatic carbocycles. The third-order valence-electron chi connectivity index (χ3n) is 3.41. The van der Waals surface area contributed by atoms with Gasteiger partial charge in [-0.2, -0.15) is 0 Å². The lowest BCUT2D eigenvalue weighted by molar-refractivity contribution is -0.143. The normalized spacial score (nSPS) is 12.7. The molecule has 0 saturated carbocycles. The van der Waals surface area contributed by atoms with Crippen LogP contribution in [0.4, 0.5) is 10.6 Å². The van der Waals surface area contributed by atoms with Crippen molar-refractivity contribution in [2.24, 2.45) is 5.41 Å². The van der Waals surface area contributed by atoms with Crippen molar-refractivity contribution < 1.29 is 23.9 Å². The Morgan fingerprint density at radius 3 is 2.30 bits per heavy atom. The highest BCUT2D eigenvalue weighted by atomic mass is 16.6. The maximum Gasteiger partial charge on any atom is 0.408 e. The fourth-order valence-corrected chi connectivity index (χ4v) is 2.02. The van der Waals surface area contributed by atoms with Crippen molar-refractivity contribution in [2.75, 3.05) is 12.4 Å². The van der Waals surface area contributed by atoms with E-state index in [0.29, 0.717) is 11.4 Å². The van der Waals surface area contributed by atoms with Gasteiger partial charge in [-0.25, -0.2) is 14.6 Å². The highest BCUT2D eigenvalue weighted by molar-refractivity contribution is 5.94. The summed E-state index contributed by atoms with van der Waals surface area (Å²) in [5, 5.41) is 5.27. The van der Waals surface area contributed by atoms with Crippen LogP contribution in [0.1, 0.15) is 47.1 Å². The average Bonchev–Trinajstić information content (AvgIpc) is 2.52. The minimum Gasteiger partial charge on any atom is -0.467 e. The maximum atomic E-state index is 12.3. The number of methoxy groups -OCH3 is 1. The number of nitrogens with one attached hydrogen (secondary N) is 2. The molecule has 27 heavy (non-hydrogen) atoms. The summed E-state index contributed by atoms with van der Waals surface area (Å²) < 4.78 is 9.97. The van der Waals surface area contributed by atoms with Crippen LogP contribution in [0.25, 0.3) is 0 Å². The van der Waals surface area contributed by atoms with Gasteiger partial charge in [-0.15, -0.1) is 0 Å². The van der Waals surface area contributed by atoms with Gasteiger partial charge in [0.25, 0.3) is 0 Å². The molecule has 8 heteroatoms. The van der Waals surface area contributed by atoms with Gasteiger partial charge in [-0.3, -0.25) is 4.79 Å². The topological polar surface area (TPSA) is 107 Å². The Hall–Kier alpha value is -2.64. The van der Waals surface area contributed by atoms with E-state index in [-0.39, 0.29) is 12.3 Å². The number of alkyl carbamates (subject to hydrolysis) is 1. The molecule has 0 aliphatic rings. The van der Waals surface area contributed by atoms with Gasteiger partial charge in [0, 0.05) is 18.0 Å². The minimum absolute atomic E-state index is 0.0828. The Balaban J connectivity index is 3.01. The van der Waals surface area contributed by atoms with Crippen molar-refractivity contribution in [1.29, 1.82) is 0 Å². The summed E-state index contributed by atoms with van der Waals surface area (Å²) in [6, 6.07) is 2.42. The second kappa shape index (κ2) is 8.83. The minimum atomic E-state index is -0.987. The quantitative estimate of drug-likeness (QED) is 0.762. The van der Waals surface area contributed by atoms with Gasteiger partial charge in [-0.1, -0.05) is 26.8 Å². The molecule has 1 rings (SSSR count). The standard InChI is InChI=1S/C19H29N3O5/c1-18(2,3)16(24)22-14-12(9-8-10-20-14)11-13(15(23)26-7)21-17(25)27-19(4,5)6/h8-10,13H,11H2,1-7H3,(H,21,25)(H,20,22,24)/t13-/m1/s1. The Bertz CT molecular complexity index is 689. The molecule has 0 bridgehead atoms. The van der Waals surface area contributed by atoms with Crippen LogP contribution in [0, 0.1) is 5.41 Å². The van der Waals surface area contributed by atoms with Crippen LogP contribution in [0.15, 0.2) is 18.3 Å². The molecule has 2 amide bonds. The van der Waals surface area contributed by atoms with E-state index in [1.807, 2.05) is 0 Å². The zero-order chi connectivity index (χ0) is 20.8. The number of anilines is 1. The second-order valence-electron chi connectivity index (χ2n) is 8.14. The number of hydrogen-bond acceptors (Lipinski definition) is 6. The molecule has 0 spiro atoms. The first kappa shape index (κ1) is 22.4. The predicted octanol–water partition coefficient (Wildman–Crippen LogP) is 2.67. The van der Waals surface area contributed by atoms with Crippen molar-refractivity contribution >= 4 is 23.8 Å². The summed E-state index contributed by atoms with van der Waals surface area (Å²) in [5.41, 5.74) is -0.725. The first-order chi connectivity index (χ1) is 12.3. The summed E-state index contributed by atoms with van der Waals surface area (Å²) in [4.78, 5) is 40.6. The second-order valence-corrected chi connectivity index (χ2v) is 8.14. The first-order valence-corrected chi connectivity index (χ1v) is 8.66. The van der Waals surface area contributed by atoms with Crippen molar-refractivity contribution in [3.63, 3.8) is 0 Å². The van der Waals surface area contributed by atoms with E-state index in [1.165, 1.54) is 13.3 Å². The summed E-state index contributed by atoms with van der Waals surface area (Å²) in [5.74, 6) is -0.507. The highest BCUT2D eigenvalue weighted by Gasteiger charge is 2.27. The van der Waals surface area contributed by atoms with Crippen LogP contribution in [-0.4, -0.2) is 41.7 Å². The zero-order valence-corrected chi connectivity index (χ0v) is 17.0. The molecule has 1 aromatic rings. The van der Waals surface area contributed by atoms with Crippen LogP contribution in [0.3, 0.4) is 0 Å². The number of amides is 2. The fraction of sp³-hybridized carbons (Fsp3) is 0.579. The van der Waals surface area contributed by atoms with Gasteiger partial charge in [0.1, 0.15) is 17.5 Å². The molecule has 2 N–H and O–H groups in total. The molecular formula is C19H29N3O5. The van der Waals surface area contributed by atoms with E-state index in [4.69, 9.17) is 9.47 Å². The monoisotopic (exact) mass is 379 g/mol. The van der Waals surface area contributed by atoms with Gasteiger partial charge < -0.3 is 20.1 Å². The molecule has 0 unspecified atom stereocenters. The van der Waals surface area contributed by atoms with E-state index in [0.717, 1.165) is 0 Å². The van der Waals surface area contributed by atoms with Crippen molar-refractivity contribution in [2.45, 2.75) is 59.6 Å². The smallest absolute Gasteiger partial charge is 0.408 e. The summed E-state index contributed by atoms with van der Waals surface area (Å²) >= 11 is 0. The van der Waals surface area contributed by atoms with Gasteiger partial charge in [0.15, 0.2) is 0 Å². The van der Waals surface area contributed by atoms with Gasteiger partial charge >= 0.3 is 12.1 Å².